The minimum absolute atomic E-state index is 0.194. The fourth-order valence-electron chi connectivity index (χ4n) is 1.62. The van der Waals surface area contributed by atoms with Crippen LogP contribution in [0.1, 0.15) is 17.3 Å². The molecule has 0 radical (unpaired) electrons. The highest BCUT2D eigenvalue weighted by molar-refractivity contribution is 6.02. The summed E-state index contributed by atoms with van der Waals surface area (Å²) in [5.41, 5.74) is 0.648. The molecule has 100 valence electrons. The van der Waals surface area contributed by atoms with Crippen LogP contribution in [0.4, 0.5) is 0 Å². The Hall–Kier alpha value is -2.48. The minimum Gasteiger partial charge on any atom is -0.480 e. The lowest BCUT2D eigenvalue weighted by Crippen LogP contribution is -2.47. The standard InChI is InChI=1S/C11H12N4O4/c1-6(16)9(11(18)19)14-10(17)7-4-13-15-3-2-12-5-8(7)15/h2-6,9,16H,1H3,(H,14,17)(H,18,19)/t6-,9+/m1/s1. The predicted octanol–water partition coefficient (Wildman–Crippen LogP) is -0.707. The number of hydrogen-bond donors (Lipinski definition) is 3. The van der Waals surface area contributed by atoms with Gasteiger partial charge in [0.15, 0.2) is 6.04 Å². The van der Waals surface area contributed by atoms with Crippen LogP contribution in [0.5, 0.6) is 0 Å². The van der Waals surface area contributed by atoms with Gasteiger partial charge in [-0.15, -0.1) is 0 Å². The highest BCUT2D eigenvalue weighted by Crippen LogP contribution is 2.09. The number of aliphatic hydroxyl groups excluding tert-OH is 1. The van der Waals surface area contributed by atoms with Crippen LogP contribution in [0.25, 0.3) is 5.52 Å². The SMILES string of the molecule is C[C@@H](O)[C@H](NC(=O)c1cnn2ccncc12)C(=O)O. The molecular weight excluding hydrogens is 252 g/mol. The molecule has 0 fully saturated rings. The Morgan fingerprint density at radius 3 is 2.79 bits per heavy atom. The van der Waals surface area contributed by atoms with Gasteiger partial charge in [-0.3, -0.25) is 9.78 Å². The summed E-state index contributed by atoms with van der Waals surface area (Å²) < 4.78 is 1.44. The Labute approximate surface area is 107 Å². The van der Waals surface area contributed by atoms with Crippen LogP contribution in [0.15, 0.2) is 24.8 Å². The Morgan fingerprint density at radius 2 is 2.16 bits per heavy atom. The summed E-state index contributed by atoms with van der Waals surface area (Å²) >= 11 is 0. The van der Waals surface area contributed by atoms with Crippen LogP contribution < -0.4 is 5.32 Å². The number of aliphatic carboxylic acids is 1. The van der Waals surface area contributed by atoms with Gasteiger partial charge >= 0.3 is 5.97 Å². The molecule has 2 atom stereocenters. The molecule has 0 aliphatic rings. The van der Waals surface area contributed by atoms with Crippen molar-refractivity contribution in [2.45, 2.75) is 19.1 Å². The van der Waals surface area contributed by atoms with E-state index in [4.69, 9.17) is 5.11 Å². The fraction of sp³-hybridized carbons (Fsp3) is 0.273. The van der Waals surface area contributed by atoms with Crippen molar-refractivity contribution in [3.63, 3.8) is 0 Å². The van der Waals surface area contributed by atoms with Crippen molar-refractivity contribution >= 4 is 17.4 Å². The summed E-state index contributed by atoms with van der Waals surface area (Å²) in [7, 11) is 0. The maximum absolute atomic E-state index is 12.0. The second-order valence-corrected chi connectivity index (χ2v) is 3.99. The molecule has 19 heavy (non-hydrogen) atoms. The zero-order valence-electron chi connectivity index (χ0n) is 10.0. The molecule has 1 amide bonds. The van der Waals surface area contributed by atoms with Gasteiger partial charge in [-0.2, -0.15) is 5.10 Å². The molecule has 2 rings (SSSR count). The zero-order valence-corrected chi connectivity index (χ0v) is 10.0. The first-order chi connectivity index (χ1) is 9.00. The topological polar surface area (TPSA) is 117 Å². The second-order valence-electron chi connectivity index (χ2n) is 3.99. The number of aliphatic hydroxyl groups is 1. The zero-order chi connectivity index (χ0) is 14.0. The summed E-state index contributed by atoms with van der Waals surface area (Å²) in [6.45, 7) is 1.29. The van der Waals surface area contributed by atoms with E-state index in [0.29, 0.717) is 5.52 Å². The summed E-state index contributed by atoms with van der Waals surface area (Å²) in [4.78, 5) is 26.7. The number of amides is 1. The molecule has 3 N–H and O–H groups in total. The molecule has 8 heteroatoms. The van der Waals surface area contributed by atoms with E-state index in [1.807, 2.05) is 0 Å². The number of hydrogen-bond acceptors (Lipinski definition) is 5. The van der Waals surface area contributed by atoms with Crippen LogP contribution in [0.2, 0.25) is 0 Å². The molecule has 0 saturated heterocycles. The number of carboxylic acid groups (broad SMARTS) is 1. The number of nitrogens with one attached hydrogen (secondary N) is 1. The monoisotopic (exact) mass is 264 g/mol. The fourth-order valence-corrected chi connectivity index (χ4v) is 1.62. The average molecular weight is 264 g/mol. The number of aromatic nitrogens is 3. The third-order valence-electron chi connectivity index (χ3n) is 2.60. The van der Waals surface area contributed by atoms with E-state index < -0.39 is 24.0 Å². The minimum atomic E-state index is -1.38. The Balaban J connectivity index is 2.27. The number of carboxylic acids is 1. The van der Waals surface area contributed by atoms with Crippen LogP contribution in [-0.4, -0.2) is 48.8 Å². The molecule has 0 saturated carbocycles. The van der Waals surface area contributed by atoms with Crippen LogP contribution in [0.3, 0.4) is 0 Å². The van der Waals surface area contributed by atoms with Gasteiger partial charge in [-0.25, -0.2) is 9.31 Å². The maximum atomic E-state index is 12.0. The van der Waals surface area contributed by atoms with E-state index in [0.717, 1.165) is 0 Å². The maximum Gasteiger partial charge on any atom is 0.328 e. The second kappa shape index (κ2) is 5.02. The van der Waals surface area contributed by atoms with Crippen molar-refractivity contribution in [3.8, 4) is 0 Å². The summed E-state index contributed by atoms with van der Waals surface area (Å²) in [5.74, 6) is -1.94. The molecule has 8 nitrogen and oxygen atoms in total. The Bertz CT molecular complexity index is 622. The number of carbonyl (C=O) groups excluding carboxylic acids is 1. The number of fused-ring (bicyclic) bond motifs is 1. The van der Waals surface area contributed by atoms with E-state index in [1.165, 1.54) is 30.0 Å². The van der Waals surface area contributed by atoms with E-state index in [-0.39, 0.29) is 5.56 Å². The average Bonchev–Trinajstić information content (AvgIpc) is 2.78. The first-order valence-corrected chi connectivity index (χ1v) is 5.50. The lowest BCUT2D eigenvalue weighted by atomic mass is 10.1. The van der Waals surface area contributed by atoms with Crippen molar-refractivity contribution in [1.82, 2.24) is 19.9 Å². The van der Waals surface area contributed by atoms with Crippen molar-refractivity contribution in [2.75, 3.05) is 0 Å². The van der Waals surface area contributed by atoms with Gasteiger partial charge < -0.3 is 15.5 Å². The van der Waals surface area contributed by atoms with Gasteiger partial charge in [-0.05, 0) is 6.92 Å². The van der Waals surface area contributed by atoms with Gasteiger partial charge in [0, 0.05) is 12.4 Å². The third-order valence-corrected chi connectivity index (χ3v) is 2.60. The molecular formula is C11H12N4O4. The number of rotatable bonds is 4. The molecule has 0 unspecified atom stereocenters. The molecule has 0 aliphatic carbocycles. The Morgan fingerprint density at radius 1 is 1.42 bits per heavy atom. The Kier molecular flexibility index (Phi) is 3.43. The van der Waals surface area contributed by atoms with Crippen molar-refractivity contribution in [2.24, 2.45) is 0 Å². The largest absolute Gasteiger partial charge is 0.480 e. The smallest absolute Gasteiger partial charge is 0.328 e. The van der Waals surface area contributed by atoms with Gasteiger partial charge in [0.1, 0.15) is 0 Å². The van der Waals surface area contributed by atoms with Gasteiger partial charge in [-0.1, -0.05) is 0 Å². The molecule has 0 bridgehead atoms. The molecule has 0 aromatic carbocycles. The van der Waals surface area contributed by atoms with Gasteiger partial charge in [0.05, 0.1) is 29.6 Å². The third kappa shape index (κ3) is 2.52. The quantitative estimate of drug-likeness (QED) is 0.671. The lowest BCUT2D eigenvalue weighted by molar-refractivity contribution is -0.141. The van der Waals surface area contributed by atoms with Gasteiger partial charge in [0.25, 0.3) is 5.91 Å². The summed E-state index contributed by atoms with van der Waals surface area (Å²) in [6.07, 6.45) is 4.63. The van der Waals surface area contributed by atoms with Crippen LogP contribution in [-0.2, 0) is 4.79 Å². The first-order valence-electron chi connectivity index (χ1n) is 5.50. The van der Waals surface area contributed by atoms with Crippen LogP contribution in [0, 0.1) is 0 Å². The van der Waals surface area contributed by atoms with E-state index in [9.17, 15) is 14.7 Å². The van der Waals surface area contributed by atoms with Crippen LogP contribution >= 0.6 is 0 Å². The van der Waals surface area contributed by atoms with E-state index in [2.05, 4.69) is 15.4 Å². The normalized spacial score (nSPS) is 14.0. The van der Waals surface area contributed by atoms with Crippen molar-refractivity contribution in [1.29, 1.82) is 0 Å². The molecule has 0 spiro atoms. The predicted molar refractivity (Wildman–Crippen MR) is 63.6 cm³/mol. The molecule has 2 aromatic heterocycles. The lowest BCUT2D eigenvalue weighted by Gasteiger charge is -2.16. The summed E-state index contributed by atoms with van der Waals surface area (Å²) in [5, 5.41) is 24.4. The van der Waals surface area contributed by atoms with E-state index >= 15 is 0 Å². The van der Waals surface area contributed by atoms with Crippen molar-refractivity contribution in [3.05, 3.63) is 30.4 Å². The van der Waals surface area contributed by atoms with Crippen molar-refractivity contribution < 1.29 is 19.8 Å². The van der Waals surface area contributed by atoms with Gasteiger partial charge in [0.2, 0.25) is 0 Å². The number of carbonyl (C=O) groups is 2. The highest BCUT2D eigenvalue weighted by Gasteiger charge is 2.26. The summed E-state index contributed by atoms with van der Waals surface area (Å²) in [6, 6.07) is -1.38. The molecule has 2 heterocycles. The number of nitrogens with zero attached hydrogens (tertiary/aromatic N) is 3. The molecule has 0 aliphatic heterocycles. The van der Waals surface area contributed by atoms with E-state index in [1.54, 1.807) is 6.20 Å². The first kappa shape index (κ1) is 13.0. The highest BCUT2D eigenvalue weighted by atomic mass is 16.4. The molecule has 2 aromatic rings.